The largest absolute Gasteiger partial charge is 0.355 e. The van der Waals surface area contributed by atoms with Gasteiger partial charge >= 0.3 is 11.7 Å². The first-order valence-electron chi connectivity index (χ1n) is 15.1. The molecule has 2 atom stereocenters. The van der Waals surface area contributed by atoms with E-state index in [1.807, 2.05) is 32.6 Å². The Bertz CT molecular complexity index is 1960. The van der Waals surface area contributed by atoms with Crippen molar-refractivity contribution in [2.24, 2.45) is 0 Å². The molecule has 1 saturated heterocycles. The number of rotatable bonds is 3. The number of pyridine rings is 2. The molecule has 5 heterocycles. The smallest absolute Gasteiger partial charge is 0.349 e. The van der Waals surface area contributed by atoms with Crippen molar-refractivity contribution < 1.29 is 18.4 Å². The summed E-state index contributed by atoms with van der Waals surface area (Å²) in [7, 11) is 0. The summed E-state index contributed by atoms with van der Waals surface area (Å²) in [6.45, 7) is 12.0. The van der Waals surface area contributed by atoms with Gasteiger partial charge in [-0.2, -0.15) is 4.98 Å². The van der Waals surface area contributed by atoms with Gasteiger partial charge < -0.3 is 20.4 Å². The van der Waals surface area contributed by atoms with Crippen molar-refractivity contribution >= 4 is 34.5 Å². The second-order valence-electron chi connectivity index (χ2n) is 11.9. The molecule has 46 heavy (non-hydrogen) atoms. The Morgan fingerprint density at radius 2 is 1.87 bits per heavy atom. The van der Waals surface area contributed by atoms with Crippen molar-refractivity contribution in [3.63, 3.8) is 0 Å². The van der Waals surface area contributed by atoms with Crippen molar-refractivity contribution in [1.82, 2.24) is 29.7 Å². The minimum Gasteiger partial charge on any atom is -0.349 e. The van der Waals surface area contributed by atoms with Crippen LogP contribution in [0.4, 0.5) is 25.1 Å². The fourth-order valence-electron chi connectivity index (χ4n) is 6.29. The summed E-state index contributed by atoms with van der Waals surface area (Å²) in [4.78, 5) is 57.0. The van der Waals surface area contributed by atoms with Gasteiger partial charge in [-0.25, -0.2) is 27.9 Å². The van der Waals surface area contributed by atoms with Crippen LogP contribution in [0.2, 0.25) is 0 Å². The summed E-state index contributed by atoms with van der Waals surface area (Å²) in [5.41, 5.74) is 0.428. The Morgan fingerprint density at radius 3 is 2.61 bits per heavy atom. The van der Waals surface area contributed by atoms with Gasteiger partial charge in [-0.15, -0.1) is 0 Å². The van der Waals surface area contributed by atoms with Gasteiger partial charge in [-0.1, -0.05) is 26.5 Å². The van der Waals surface area contributed by atoms with E-state index in [0.29, 0.717) is 36.5 Å². The number of carbonyl (C=O) groups is 2. The van der Waals surface area contributed by atoms with Crippen LogP contribution in [-0.4, -0.2) is 68.1 Å². The van der Waals surface area contributed by atoms with Crippen molar-refractivity contribution in [2.75, 3.05) is 29.9 Å². The van der Waals surface area contributed by atoms with E-state index in [4.69, 9.17) is 0 Å². The van der Waals surface area contributed by atoms with E-state index in [0.717, 1.165) is 6.07 Å². The van der Waals surface area contributed by atoms with Crippen LogP contribution in [0.5, 0.6) is 0 Å². The van der Waals surface area contributed by atoms with Crippen LogP contribution in [0.25, 0.3) is 28.0 Å². The van der Waals surface area contributed by atoms with E-state index in [9.17, 15) is 14.4 Å². The molecule has 11 nitrogen and oxygen atoms in total. The Kier molecular flexibility index (Phi) is 8.01. The fraction of sp³-hybridized carbons (Fsp3) is 0.333. The maximum absolute atomic E-state index is 16.3. The quantitative estimate of drug-likeness (QED) is 0.320. The highest BCUT2D eigenvalue weighted by molar-refractivity contribution is 5.96. The van der Waals surface area contributed by atoms with Gasteiger partial charge in [0, 0.05) is 37.9 Å². The third-order valence-electron chi connectivity index (χ3n) is 8.50. The Balaban J connectivity index is 1.70. The molecule has 4 aromatic rings. The summed E-state index contributed by atoms with van der Waals surface area (Å²) in [6, 6.07) is 5.78. The predicted octanol–water partition coefficient (Wildman–Crippen LogP) is 4.53. The minimum absolute atomic E-state index is 0.0122. The number of fused-ring (bicyclic) bond motifs is 5. The van der Waals surface area contributed by atoms with Crippen LogP contribution in [0.3, 0.4) is 0 Å². The predicted molar refractivity (Wildman–Crippen MR) is 171 cm³/mol. The highest BCUT2D eigenvalue weighted by atomic mass is 19.1. The average molecular weight is 629 g/mol. The number of nitrogens with one attached hydrogen (secondary N) is 2. The Hall–Kier alpha value is -5.20. The number of hydrogen-bond acceptors (Lipinski definition) is 7. The second kappa shape index (κ2) is 12.0. The monoisotopic (exact) mass is 628 g/mol. The zero-order valence-corrected chi connectivity index (χ0v) is 26.0. The van der Waals surface area contributed by atoms with Gasteiger partial charge in [0.05, 0.1) is 28.0 Å². The molecule has 2 aliphatic rings. The third kappa shape index (κ3) is 5.25. The van der Waals surface area contributed by atoms with Crippen LogP contribution in [-0.2, 0) is 11.2 Å². The molecule has 0 spiro atoms. The van der Waals surface area contributed by atoms with Crippen molar-refractivity contribution in [2.45, 2.75) is 52.1 Å². The number of halogens is 2. The van der Waals surface area contributed by atoms with Crippen LogP contribution >= 0.6 is 0 Å². The highest BCUT2D eigenvalue weighted by Crippen LogP contribution is 2.37. The molecule has 13 heteroatoms. The second-order valence-corrected chi connectivity index (χ2v) is 11.9. The molecule has 6 rings (SSSR count). The number of amides is 3. The van der Waals surface area contributed by atoms with Crippen molar-refractivity contribution in [3.8, 4) is 16.9 Å². The summed E-state index contributed by atoms with van der Waals surface area (Å²) >= 11 is 0. The first-order chi connectivity index (χ1) is 22.0. The third-order valence-corrected chi connectivity index (χ3v) is 8.50. The van der Waals surface area contributed by atoms with E-state index >= 15 is 8.78 Å². The normalized spacial score (nSPS) is 18.2. The van der Waals surface area contributed by atoms with Crippen LogP contribution in [0, 0.1) is 11.6 Å². The topological polar surface area (TPSA) is 125 Å². The first kappa shape index (κ1) is 30.8. The lowest BCUT2D eigenvalue weighted by Gasteiger charge is -2.44. The van der Waals surface area contributed by atoms with E-state index in [1.165, 1.54) is 28.8 Å². The van der Waals surface area contributed by atoms with E-state index in [1.54, 1.807) is 17.2 Å². The molecular weight excluding hydrogens is 594 g/mol. The number of anilines is 2. The molecule has 3 amide bonds. The summed E-state index contributed by atoms with van der Waals surface area (Å²) in [5, 5.41) is 5.60. The van der Waals surface area contributed by atoms with Gasteiger partial charge in [0.25, 0.3) is 0 Å². The first-order valence-corrected chi connectivity index (χ1v) is 15.1. The number of aromatic nitrogens is 4. The van der Waals surface area contributed by atoms with E-state index < -0.39 is 23.4 Å². The Labute approximate surface area is 264 Å². The van der Waals surface area contributed by atoms with Crippen molar-refractivity contribution in [3.05, 3.63) is 82.6 Å². The van der Waals surface area contributed by atoms with E-state index in [-0.39, 0.29) is 64.2 Å². The molecule has 2 bridgehead atoms. The Morgan fingerprint density at radius 1 is 1.09 bits per heavy atom. The number of urea groups is 1. The lowest BCUT2D eigenvalue weighted by atomic mass is 10.0. The fourth-order valence-corrected chi connectivity index (χ4v) is 6.29. The summed E-state index contributed by atoms with van der Waals surface area (Å²) in [6.07, 6.45) is 3.22. The van der Waals surface area contributed by atoms with Crippen molar-refractivity contribution in [1.29, 1.82) is 0 Å². The molecular formula is C33H34F2N8O3. The van der Waals surface area contributed by atoms with Gasteiger partial charge in [-0.05, 0) is 62.1 Å². The molecule has 2 N–H and O–H groups in total. The number of carbonyl (C=O) groups excluding carboxylic acids is 2. The minimum atomic E-state index is -0.874. The number of hydrogen-bond donors (Lipinski definition) is 2. The lowest BCUT2D eigenvalue weighted by Crippen LogP contribution is -2.58. The maximum atomic E-state index is 16.3. The van der Waals surface area contributed by atoms with Crippen LogP contribution in [0.15, 0.2) is 54.0 Å². The molecule has 0 saturated carbocycles. The number of piperazine rings is 1. The number of benzene rings is 1. The molecule has 3 aromatic heterocycles. The van der Waals surface area contributed by atoms with Gasteiger partial charge in [0.2, 0.25) is 5.91 Å². The van der Waals surface area contributed by atoms with Gasteiger partial charge in [0.1, 0.15) is 17.3 Å². The molecule has 0 aliphatic carbocycles. The zero-order valence-electron chi connectivity index (χ0n) is 26.0. The highest BCUT2D eigenvalue weighted by Gasteiger charge is 2.34. The van der Waals surface area contributed by atoms with Crippen LogP contribution in [0.1, 0.15) is 44.9 Å². The average Bonchev–Trinajstić information content (AvgIpc) is 3.02. The van der Waals surface area contributed by atoms with E-state index in [2.05, 4.69) is 32.2 Å². The van der Waals surface area contributed by atoms with Crippen LogP contribution < -0.4 is 21.2 Å². The maximum Gasteiger partial charge on any atom is 0.355 e. The number of nitrogens with zero attached hydrogens (tertiary/aromatic N) is 6. The summed E-state index contributed by atoms with van der Waals surface area (Å²) < 4.78 is 33.1. The molecule has 1 aromatic carbocycles. The molecule has 0 radical (unpaired) electrons. The van der Waals surface area contributed by atoms with Gasteiger partial charge in [0.15, 0.2) is 11.5 Å². The summed E-state index contributed by atoms with van der Waals surface area (Å²) in [5.74, 6) is -1.84. The zero-order chi connectivity index (χ0) is 32.9. The standard InChI is InChI=1S/C33H34F2N8O3/c1-6-25(44)41-15-19(5)42(16-18(41)4)30-21-14-23(35)28-26-22(34)8-7-9-24(26)38-32(45)37-13-11-20-10-12-36-27(17(2)3)29(20)43(31(21)39-28)33(46)40-30/h6-10,12,14,17-19H,1,11,13,15-16H2,2-5H3,(H2,37,38,45)/t18-,19+/m1/s1. The van der Waals surface area contributed by atoms with Gasteiger partial charge in [-0.3, -0.25) is 9.78 Å². The SMILES string of the molecule is C=CC(=O)N1C[C@H](C)N(c2nc(=O)n3c4nc(c(F)cc24)-c2c(F)cccc2NC(=O)NCCc2ccnc(C(C)C)c2-3)C[C@H]1C. The lowest BCUT2D eigenvalue weighted by molar-refractivity contribution is -0.128. The molecule has 2 aliphatic heterocycles. The molecule has 238 valence electrons. The molecule has 0 unspecified atom stereocenters. The molecule has 1 fully saturated rings.